The Labute approximate surface area is 158 Å². The van der Waals surface area contributed by atoms with Gasteiger partial charge in [0.25, 0.3) is 0 Å². The van der Waals surface area contributed by atoms with Gasteiger partial charge in [-0.2, -0.15) is 0 Å². The van der Waals surface area contributed by atoms with E-state index in [4.69, 9.17) is 4.42 Å². The molecule has 1 unspecified atom stereocenters. The molecule has 1 N–H and O–H groups in total. The van der Waals surface area contributed by atoms with Gasteiger partial charge < -0.3 is 19.3 Å². The van der Waals surface area contributed by atoms with Gasteiger partial charge >= 0.3 is 0 Å². The van der Waals surface area contributed by atoms with Crippen molar-refractivity contribution >= 4 is 11.8 Å². The Morgan fingerprint density at radius 2 is 2.00 bits per heavy atom. The van der Waals surface area contributed by atoms with E-state index in [-0.39, 0.29) is 36.0 Å². The van der Waals surface area contributed by atoms with Crippen LogP contribution in [0.25, 0.3) is 0 Å². The lowest BCUT2D eigenvalue weighted by Crippen LogP contribution is -2.47. The fourth-order valence-electron chi connectivity index (χ4n) is 4.85. The molecule has 3 heterocycles. The number of amides is 2. The van der Waals surface area contributed by atoms with Crippen LogP contribution < -0.4 is 0 Å². The Morgan fingerprint density at radius 1 is 1.26 bits per heavy atom. The Bertz CT molecular complexity index is 729. The van der Waals surface area contributed by atoms with Gasteiger partial charge in [0.2, 0.25) is 23.6 Å². The molecular formula is C19H28N4O4. The highest BCUT2D eigenvalue weighted by molar-refractivity contribution is 5.81. The number of aromatic nitrogens is 2. The number of carbonyl (C=O) groups excluding carboxylic acids is 2. The Morgan fingerprint density at radius 3 is 2.63 bits per heavy atom. The van der Waals surface area contributed by atoms with Crippen LogP contribution in [0.2, 0.25) is 0 Å². The van der Waals surface area contributed by atoms with E-state index >= 15 is 0 Å². The maximum atomic E-state index is 12.8. The first-order chi connectivity index (χ1) is 12.9. The summed E-state index contributed by atoms with van der Waals surface area (Å²) in [5.41, 5.74) is -0.810. The number of likely N-dealkylation sites (N-methyl/N-ethyl adjacent to an activating group) is 1. The number of aryl methyl sites for hydroxylation is 1. The number of hydrogen-bond donors (Lipinski definition) is 1. The zero-order chi connectivity index (χ0) is 19.2. The third kappa shape index (κ3) is 3.47. The minimum atomic E-state index is -0.810. The van der Waals surface area contributed by atoms with E-state index in [2.05, 4.69) is 10.2 Å². The van der Waals surface area contributed by atoms with Crippen molar-refractivity contribution in [1.29, 1.82) is 0 Å². The maximum Gasteiger partial charge on any atom is 0.225 e. The summed E-state index contributed by atoms with van der Waals surface area (Å²) in [6, 6.07) is 0. The topological polar surface area (TPSA) is 99.8 Å². The molecule has 2 aliphatic heterocycles. The molecule has 0 aromatic carbocycles. The van der Waals surface area contributed by atoms with Gasteiger partial charge in [0, 0.05) is 39.5 Å². The van der Waals surface area contributed by atoms with Gasteiger partial charge in [-0.3, -0.25) is 9.59 Å². The van der Waals surface area contributed by atoms with Crippen LogP contribution in [0.1, 0.15) is 56.2 Å². The van der Waals surface area contributed by atoms with Crippen LogP contribution in [-0.2, 0) is 9.59 Å². The quantitative estimate of drug-likeness (QED) is 0.848. The van der Waals surface area contributed by atoms with Gasteiger partial charge in [-0.1, -0.05) is 0 Å². The van der Waals surface area contributed by atoms with Crippen molar-refractivity contribution in [3.8, 4) is 0 Å². The molecule has 1 aromatic heterocycles. The Hall–Kier alpha value is -1.96. The van der Waals surface area contributed by atoms with E-state index in [0.29, 0.717) is 50.7 Å². The molecule has 4 rings (SSSR count). The second-order valence-corrected chi connectivity index (χ2v) is 8.47. The molecule has 148 valence electrons. The van der Waals surface area contributed by atoms with Crippen LogP contribution in [-0.4, -0.2) is 69.2 Å². The summed E-state index contributed by atoms with van der Waals surface area (Å²) >= 11 is 0. The molecule has 8 heteroatoms. The summed E-state index contributed by atoms with van der Waals surface area (Å²) in [5.74, 6) is 1.22. The minimum absolute atomic E-state index is 0.00170. The lowest BCUT2D eigenvalue weighted by Gasteiger charge is -2.39. The molecule has 1 saturated carbocycles. The molecule has 3 atom stereocenters. The zero-order valence-corrected chi connectivity index (χ0v) is 16.1. The summed E-state index contributed by atoms with van der Waals surface area (Å²) in [7, 11) is 1.81. The number of rotatable bonds is 3. The molecule has 1 aromatic rings. The fraction of sp³-hybridized carbons (Fsp3) is 0.789. The third-order valence-corrected chi connectivity index (χ3v) is 6.62. The number of nitrogens with zero attached hydrogens (tertiary/aromatic N) is 4. The summed E-state index contributed by atoms with van der Waals surface area (Å²) < 4.78 is 5.68. The average Bonchev–Trinajstić information content (AvgIpc) is 2.90. The Kier molecular flexibility index (Phi) is 4.70. The number of hydrogen-bond acceptors (Lipinski definition) is 6. The van der Waals surface area contributed by atoms with Gasteiger partial charge in [-0.25, -0.2) is 0 Å². The van der Waals surface area contributed by atoms with E-state index in [9.17, 15) is 14.7 Å². The monoisotopic (exact) mass is 376 g/mol. The molecule has 0 radical (unpaired) electrons. The van der Waals surface area contributed by atoms with Crippen molar-refractivity contribution in [3.05, 3.63) is 11.8 Å². The molecule has 27 heavy (non-hydrogen) atoms. The number of likely N-dealkylation sites (tertiary alicyclic amines) is 2. The highest BCUT2D eigenvalue weighted by Gasteiger charge is 2.46. The first-order valence-corrected chi connectivity index (χ1v) is 9.91. The molecule has 1 aliphatic carbocycles. The first-order valence-electron chi connectivity index (χ1n) is 9.91. The molecule has 3 fully saturated rings. The predicted molar refractivity (Wildman–Crippen MR) is 95.6 cm³/mol. The van der Waals surface area contributed by atoms with Crippen LogP contribution in [0, 0.1) is 18.8 Å². The molecule has 0 bridgehead atoms. The minimum Gasteiger partial charge on any atom is -0.425 e. The molecule has 0 spiro atoms. The average molecular weight is 376 g/mol. The van der Waals surface area contributed by atoms with Gasteiger partial charge in [-0.15, -0.1) is 10.2 Å². The molecule has 8 nitrogen and oxygen atoms in total. The van der Waals surface area contributed by atoms with Gasteiger partial charge in [0.1, 0.15) is 0 Å². The van der Waals surface area contributed by atoms with E-state index < -0.39 is 5.60 Å². The van der Waals surface area contributed by atoms with Crippen LogP contribution in [0.5, 0.6) is 0 Å². The molecule has 2 amide bonds. The number of carbonyl (C=O) groups is 2. The van der Waals surface area contributed by atoms with Crippen molar-refractivity contribution < 1.29 is 19.1 Å². The lowest BCUT2D eigenvalue weighted by molar-refractivity contribution is -0.142. The van der Waals surface area contributed by atoms with Crippen LogP contribution in [0.4, 0.5) is 0 Å². The van der Waals surface area contributed by atoms with E-state index in [1.54, 1.807) is 11.8 Å². The molecular weight excluding hydrogens is 348 g/mol. The second-order valence-electron chi connectivity index (χ2n) is 8.47. The van der Waals surface area contributed by atoms with Crippen LogP contribution in [0.3, 0.4) is 0 Å². The summed E-state index contributed by atoms with van der Waals surface area (Å²) in [4.78, 5) is 29.0. The lowest BCUT2D eigenvalue weighted by atomic mass is 9.74. The normalized spacial score (nSPS) is 30.5. The van der Waals surface area contributed by atoms with Crippen molar-refractivity contribution in [1.82, 2.24) is 20.0 Å². The third-order valence-electron chi connectivity index (χ3n) is 6.62. The smallest absolute Gasteiger partial charge is 0.225 e. The van der Waals surface area contributed by atoms with E-state index in [1.165, 1.54) is 0 Å². The number of fused-ring (bicyclic) bond motifs is 1. The van der Waals surface area contributed by atoms with E-state index in [1.807, 2.05) is 11.9 Å². The number of piperidine rings is 1. The molecule has 2 saturated heterocycles. The van der Waals surface area contributed by atoms with Crippen molar-refractivity contribution in [2.24, 2.45) is 11.8 Å². The van der Waals surface area contributed by atoms with Gasteiger partial charge in [0.15, 0.2) is 0 Å². The van der Waals surface area contributed by atoms with Crippen LogP contribution >= 0.6 is 0 Å². The summed E-state index contributed by atoms with van der Waals surface area (Å²) in [6.07, 6.45) is 3.98. The van der Waals surface area contributed by atoms with Crippen LogP contribution in [0.15, 0.2) is 4.42 Å². The maximum absolute atomic E-state index is 12.8. The van der Waals surface area contributed by atoms with Gasteiger partial charge in [-0.05, 0) is 38.0 Å². The standard InChI is InChI=1S/C19H28N4O4/c1-12-20-21-17(27-12)15-11-22(2)18(25)14-5-9-23(8-4-13(14)15)16(24)10-19(26)6-3-7-19/h13-15,26H,3-11H2,1-2H3/t13-,14+,15?/m1/s1. The zero-order valence-electron chi connectivity index (χ0n) is 16.1. The SMILES string of the molecule is Cc1nnc(C2CN(C)C(=O)[C@H]3CCN(C(=O)CC4(O)CCC4)CC[C@@H]23)o1. The molecule has 3 aliphatic rings. The predicted octanol–water partition coefficient (Wildman–Crippen LogP) is 1.09. The van der Waals surface area contributed by atoms with Crippen molar-refractivity contribution in [3.63, 3.8) is 0 Å². The summed E-state index contributed by atoms with van der Waals surface area (Å²) in [5, 5.41) is 18.5. The second kappa shape index (κ2) is 6.89. The Balaban J connectivity index is 1.50. The first kappa shape index (κ1) is 18.4. The van der Waals surface area contributed by atoms with E-state index in [0.717, 1.165) is 12.8 Å². The highest BCUT2D eigenvalue weighted by Crippen LogP contribution is 2.41. The highest BCUT2D eigenvalue weighted by atomic mass is 16.4. The summed E-state index contributed by atoms with van der Waals surface area (Å²) in [6.45, 7) is 3.50. The fourth-order valence-corrected chi connectivity index (χ4v) is 4.85. The largest absolute Gasteiger partial charge is 0.425 e. The van der Waals surface area contributed by atoms with Crippen molar-refractivity contribution in [2.45, 2.75) is 57.0 Å². The van der Waals surface area contributed by atoms with Gasteiger partial charge in [0.05, 0.1) is 17.9 Å². The van der Waals surface area contributed by atoms with Crippen molar-refractivity contribution in [2.75, 3.05) is 26.7 Å². The number of aliphatic hydroxyl groups is 1.